The Labute approximate surface area is 175 Å². The van der Waals surface area contributed by atoms with E-state index in [-0.39, 0.29) is 35.1 Å². The van der Waals surface area contributed by atoms with E-state index in [0.717, 1.165) is 11.3 Å². The summed E-state index contributed by atoms with van der Waals surface area (Å²) < 4.78 is 33.4. The summed E-state index contributed by atoms with van der Waals surface area (Å²) in [5.74, 6) is -0.223. The first-order valence-corrected chi connectivity index (χ1v) is 12.1. The van der Waals surface area contributed by atoms with E-state index >= 15 is 0 Å². The number of carbonyl (C=O) groups is 1. The molecule has 158 valence electrons. The zero-order chi connectivity index (χ0) is 21.0. The second-order valence-corrected chi connectivity index (χ2v) is 10.2. The SMILES string of the molecule is CCC(C)NC(=O)C1CCCN(S(=O)(=O)c2c(C)noc2C=Cc2cccs2)C1. The Balaban J connectivity index is 1.82. The van der Waals surface area contributed by atoms with Crippen LogP contribution in [0.2, 0.25) is 0 Å². The van der Waals surface area contributed by atoms with E-state index in [1.807, 2.05) is 37.4 Å². The molecule has 1 aliphatic heterocycles. The molecule has 0 spiro atoms. The highest BCUT2D eigenvalue weighted by atomic mass is 32.2. The third-order valence-electron chi connectivity index (χ3n) is 5.13. The fourth-order valence-corrected chi connectivity index (χ4v) is 5.70. The van der Waals surface area contributed by atoms with Crippen LogP contribution in [0.25, 0.3) is 12.2 Å². The quantitative estimate of drug-likeness (QED) is 0.715. The van der Waals surface area contributed by atoms with Crippen LogP contribution in [-0.2, 0) is 14.8 Å². The fraction of sp³-hybridized carbons (Fsp3) is 0.500. The maximum Gasteiger partial charge on any atom is 0.248 e. The Bertz CT molecular complexity index is 964. The number of thiophene rings is 1. The van der Waals surface area contributed by atoms with Gasteiger partial charge in [-0.25, -0.2) is 8.42 Å². The van der Waals surface area contributed by atoms with Crippen LogP contribution in [0.3, 0.4) is 0 Å². The lowest BCUT2D eigenvalue weighted by atomic mass is 9.98. The van der Waals surface area contributed by atoms with Crippen LogP contribution in [0.15, 0.2) is 26.9 Å². The number of nitrogens with zero attached hydrogens (tertiary/aromatic N) is 2. The normalized spacial score (nSPS) is 19.5. The van der Waals surface area contributed by atoms with Gasteiger partial charge in [-0.2, -0.15) is 4.31 Å². The molecule has 0 saturated carbocycles. The van der Waals surface area contributed by atoms with E-state index in [1.54, 1.807) is 24.3 Å². The molecule has 2 aromatic rings. The number of amides is 1. The number of hydrogen-bond donors (Lipinski definition) is 1. The molecule has 0 aromatic carbocycles. The van der Waals surface area contributed by atoms with Crippen molar-refractivity contribution in [2.24, 2.45) is 5.92 Å². The Morgan fingerprint density at radius 2 is 2.28 bits per heavy atom. The minimum Gasteiger partial charge on any atom is -0.355 e. The monoisotopic (exact) mass is 437 g/mol. The molecule has 7 nitrogen and oxygen atoms in total. The lowest BCUT2D eigenvalue weighted by molar-refractivity contribution is -0.126. The van der Waals surface area contributed by atoms with Gasteiger partial charge in [0.15, 0.2) is 10.7 Å². The number of rotatable bonds is 7. The molecular weight excluding hydrogens is 410 g/mol. The van der Waals surface area contributed by atoms with Gasteiger partial charge in [0.1, 0.15) is 5.69 Å². The van der Waals surface area contributed by atoms with Crippen LogP contribution in [0, 0.1) is 12.8 Å². The number of aryl methyl sites for hydroxylation is 1. The largest absolute Gasteiger partial charge is 0.355 e. The summed E-state index contributed by atoms with van der Waals surface area (Å²) in [5.41, 5.74) is 0.321. The zero-order valence-electron chi connectivity index (χ0n) is 16.9. The molecule has 0 aliphatic carbocycles. The molecule has 1 saturated heterocycles. The molecule has 1 fully saturated rings. The summed E-state index contributed by atoms with van der Waals surface area (Å²) in [6.07, 6.45) is 5.60. The predicted octanol–water partition coefficient (Wildman–Crippen LogP) is 3.53. The molecule has 1 aliphatic rings. The summed E-state index contributed by atoms with van der Waals surface area (Å²) in [4.78, 5) is 13.6. The minimum atomic E-state index is -3.82. The third-order valence-corrected chi connectivity index (χ3v) is 7.99. The number of aromatic nitrogens is 1. The zero-order valence-corrected chi connectivity index (χ0v) is 18.6. The second kappa shape index (κ2) is 9.23. The smallest absolute Gasteiger partial charge is 0.248 e. The van der Waals surface area contributed by atoms with Gasteiger partial charge in [-0.15, -0.1) is 11.3 Å². The van der Waals surface area contributed by atoms with Crippen LogP contribution >= 0.6 is 11.3 Å². The lowest BCUT2D eigenvalue weighted by Gasteiger charge is -2.31. The molecule has 1 amide bonds. The van der Waals surface area contributed by atoms with Crippen molar-refractivity contribution in [2.45, 2.75) is 51.0 Å². The van der Waals surface area contributed by atoms with Gasteiger partial charge in [-0.3, -0.25) is 4.79 Å². The molecular formula is C20H27N3O4S2. The van der Waals surface area contributed by atoms with E-state index < -0.39 is 10.0 Å². The van der Waals surface area contributed by atoms with Crippen molar-refractivity contribution in [2.75, 3.05) is 13.1 Å². The van der Waals surface area contributed by atoms with Crippen LogP contribution in [0.4, 0.5) is 0 Å². The molecule has 0 bridgehead atoms. The van der Waals surface area contributed by atoms with Crippen LogP contribution in [0.1, 0.15) is 49.4 Å². The Kier molecular flexibility index (Phi) is 6.92. The summed E-state index contributed by atoms with van der Waals surface area (Å²) in [5, 5.41) is 8.78. The molecule has 2 atom stereocenters. The Morgan fingerprint density at radius 1 is 1.48 bits per heavy atom. The molecule has 29 heavy (non-hydrogen) atoms. The first-order valence-electron chi connectivity index (χ1n) is 9.81. The highest BCUT2D eigenvalue weighted by molar-refractivity contribution is 7.89. The molecule has 1 N–H and O–H groups in total. The maximum atomic E-state index is 13.4. The minimum absolute atomic E-state index is 0.0730. The molecule has 2 unspecified atom stereocenters. The van der Waals surface area contributed by atoms with E-state index in [0.29, 0.717) is 25.1 Å². The summed E-state index contributed by atoms with van der Waals surface area (Å²) in [6, 6.07) is 3.93. The maximum absolute atomic E-state index is 13.4. The summed E-state index contributed by atoms with van der Waals surface area (Å²) >= 11 is 1.55. The first-order chi connectivity index (χ1) is 13.8. The molecule has 2 aromatic heterocycles. The van der Waals surface area contributed by atoms with E-state index in [2.05, 4.69) is 10.5 Å². The third kappa shape index (κ3) is 4.96. The Morgan fingerprint density at radius 3 is 2.97 bits per heavy atom. The standard InChI is InChI=1S/C20H27N3O4S2/c1-4-14(2)21-20(24)16-7-5-11-23(13-16)29(25,26)19-15(3)22-27-18(19)10-9-17-8-6-12-28-17/h6,8-10,12,14,16H,4-5,7,11,13H2,1-3H3,(H,21,24). The van der Waals surface area contributed by atoms with E-state index in [4.69, 9.17) is 4.52 Å². The highest BCUT2D eigenvalue weighted by Crippen LogP contribution is 2.29. The lowest BCUT2D eigenvalue weighted by Crippen LogP contribution is -2.47. The average Bonchev–Trinajstić information content (AvgIpc) is 3.36. The Hall–Kier alpha value is -1.97. The van der Waals surface area contributed by atoms with Crippen molar-refractivity contribution in [1.29, 1.82) is 0 Å². The summed E-state index contributed by atoms with van der Waals surface area (Å²) in [6.45, 7) is 6.12. The van der Waals surface area contributed by atoms with Crippen LogP contribution in [-0.4, -0.2) is 42.9 Å². The highest BCUT2D eigenvalue weighted by Gasteiger charge is 2.37. The van der Waals surface area contributed by atoms with Gasteiger partial charge < -0.3 is 9.84 Å². The van der Waals surface area contributed by atoms with Gasteiger partial charge in [-0.05, 0) is 56.7 Å². The van der Waals surface area contributed by atoms with Gasteiger partial charge in [0.05, 0.1) is 5.92 Å². The fourth-order valence-electron chi connectivity index (χ4n) is 3.31. The van der Waals surface area contributed by atoms with Gasteiger partial charge >= 0.3 is 0 Å². The molecule has 3 heterocycles. The van der Waals surface area contributed by atoms with Crippen molar-refractivity contribution < 1.29 is 17.7 Å². The number of nitrogens with one attached hydrogen (secondary N) is 1. The van der Waals surface area contributed by atoms with Crippen LogP contribution in [0.5, 0.6) is 0 Å². The summed E-state index contributed by atoms with van der Waals surface area (Å²) in [7, 11) is -3.82. The van der Waals surface area contributed by atoms with Crippen molar-refractivity contribution in [3.05, 3.63) is 33.8 Å². The van der Waals surface area contributed by atoms with Crippen molar-refractivity contribution in [3.8, 4) is 0 Å². The predicted molar refractivity (Wildman–Crippen MR) is 114 cm³/mol. The topological polar surface area (TPSA) is 92.5 Å². The van der Waals surface area contributed by atoms with Gasteiger partial charge in [0, 0.05) is 24.0 Å². The van der Waals surface area contributed by atoms with Gasteiger partial charge in [0.2, 0.25) is 15.9 Å². The van der Waals surface area contributed by atoms with Gasteiger partial charge in [-0.1, -0.05) is 18.1 Å². The second-order valence-electron chi connectivity index (χ2n) is 7.33. The number of hydrogen-bond acceptors (Lipinski definition) is 6. The van der Waals surface area contributed by atoms with Crippen molar-refractivity contribution in [1.82, 2.24) is 14.8 Å². The van der Waals surface area contributed by atoms with Crippen molar-refractivity contribution in [3.63, 3.8) is 0 Å². The first kappa shape index (κ1) is 21.7. The number of piperidine rings is 1. The molecule has 0 radical (unpaired) electrons. The van der Waals surface area contributed by atoms with Crippen LogP contribution < -0.4 is 5.32 Å². The van der Waals surface area contributed by atoms with E-state index in [9.17, 15) is 13.2 Å². The number of carbonyl (C=O) groups excluding carboxylic acids is 1. The molecule has 3 rings (SSSR count). The number of sulfonamides is 1. The van der Waals surface area contributed by atoms with E-state index in [1.165, 1.54) is 4.31 Å². The molecule has 9 heteroatoms. The van der Waals surface area contributed by atoms with Crippen molar-refractivity contribution >= 4 is 39.4 Å². The van der Waals surface area contributed by atoms with Gasteiger partial charge in [0.25, 0.3) is 0 Å². The average molecular weight is 438 g/mol.